The molecule has 26 heavy (non-hydrogen) atoms. The largest absolute Gasteiger partial charge is 0.492 e. The molecule has 0 bridgehead atoms. The van der Waals surface area contributed by atoms with Gasteiger partial charge in [-0.2, -0.15) is 0 Å². The Hall–Kier alpha value is -2.60. The molecule has 0 aliphatic heterocycles. The van der Waals surface area contributed by atoms with Crippen LogP contribution in [0.2, 0.25) is 0 Å². The van der Waals surface area contributed by atoms with Crippen molar-refractivity contribution in [1.82, 2.24) is 14.8 Å². The molecule has 0 aliphatic carbocycles. The molecule has 5 nitrogen and oxygen atoms in total. The van der Waals surface area contributed by atoms with Gasteiger partial charge in [0.05, 0.1) is 12.2 Å². The first-order chi connectivity index (χ1) is 12.7. The van der Waals surface area contributed by atoms with Crippen molar-refractivity contribution in [2.45, 2.75) is 25.5 Å². The summed E-state index contributed by atoms with van der Waals surface area (Å²) >= 11 is 1.60. The van der Waals surface area contributed by atoms with E-state index in [0.717, 1.165) is 28.8 Å². The maximum atomic E-state index is 11.6. The number of para-hydroxylation sites is 1. The van der Waals surface area contributed by atoms with E-state index in [2.05, 4.69) is 21.7 Å². The SMILES string of the molecule is CCn1c(SCCOc2ccccc2C(C)=O)nnc1-c1ccccc1. The second-order valence-corrected chi connectivity index (χ2v) is 6.73. The van der Waals surface area contributed by atoms with Crippen molar-refractivity contribution in [3.63, 3.8) is 0 Å². The molecule has 0 saturated carbocycles. The van der Waals surface area contributed by atoms with Crippen LogP contribution in [0.25, 0.3) is 11.4 Å². The summed E-state index contributed by atoms with van der Waals surface area (Å²) < 4.78 is 7.89. The third-order valence-corrected chi connectivity index (χ3v) is 4.83. The summed E-state index contributed by atoms with van der Waals surface area (Å²) in [5.74, 6) is 2.23. The number of ether oxygens (including phenoxy) is 1. The Morgan fingerprint density at radius 2 is 1.81 bits per heavy atom. The number of thioether (sulfide) groups is 1. The summed E-state index contributed by atoms with van der Waals surface area (Å²) in [6.07, 6.45) is 0. The predicted octanol–water partition coefficient (Wildman–Crippen LogP) is 4.34. The fraction of sp³-hybridized carbons (Fsp3) is 0.250. The van der Waals surface area contributed by atoms with E-state index in [0.29, 0.717) is 17.9 Å². The zero-order valence-corrected chi connectivity index (χ0v) is 15.7. The Kier molecular flexibility index (Phi) is 6.07. The quantitative estimate of drug-likeness (QED) is 0.337. The third kappa shape index (κ3) is 4.14. The van der Waals surface area contributed by atoms with Gasteiger partial charge in [0.2, 0.25) is 0 Å². The number of carbonyl (C=O) groups excluding carboxylic acids is 1. The lowest BCUT2D eigenvalue weighted by molar-refractivity contribution is 0.101. The molecule has 0 spiro atoms. The van der Waals surface area contributed by atoms with Crippen LogP contribution in [-0.2, 0) is 6.54 Å². The van der Waals surface area contributed by atoms with Gasteiger partial charge in [0.25, 0.3) is 0 Å². The Bertz CT molecular complexity index is 878. The summed E-state index contributed by atoms with van der Waals surface area (Å²) in [5, 5.41) is 9.53. The number of hydrogen-bond donors (Lipinski definition) is 0. The van der Waals surface area contributed by atoms with Gasteiger partial charge in [-0.05, 0) is 26.0 Å². The highest BCUT2D eigenvalue weighted by atomic mass is 32.2. The molecule has 134 valence electrons. The average molecular weight is 367 g/mol. The predicted molar refractivity (Wildman–Crippen MR) is 104 cm³/mol. The fourth-order valence-electron chi connectivity index (χ4n) is 2.65. The molecular formula is C20H21N3O2S. The van der Waals surface area contributed by atoms with Crippen LogP contribution in [0, 0.1) is 0 Å². The Balaban J connectivity index is 1.63. The molecule has 0 unspecified atom stereocenters. The van der Waals surface area contributed by atoms with Crippen molar-refractivity contribution in [2.75, 3.05) is 12.4 Å². The number of aromatic nitrogens is 3. The van der Waals surface area contributed by atoms with Crippen molar-refractivity contribution in [3.8, 4) is 17.1 Å². The van der Waals surface area contributed by atoms with E-state index in [-0.39, 0.29) is 5.78 Å². The average Bonchev–Trinajstić information content (AvgIpc) is 3.09. The van der Waals surface area contributed by atoms with E-state index in [1.165, 1.54) is 0 Å². The molecule has 0 atom stereocenters. The standard InChI is InChI=1S/C20H21N3O2S/c1-3-23-19(16-9-5-4-6-10-16)21-22-20(23)26-14-13-25-18-12-8-7-11-17(18)15(2)24/h4-12H,3,13-14H2,1-2H3. The van der Waals surface area contributed by atoms with Crippen LogP contribution in [0.3, 0.4) is 0 Å². The molecular weight excluding hydrogens is 346 g/mol. The highest BCUT2D eigenvalue weighted by Gasteiger charge is 2.13. The van der Waals surface area contributed by atoms with Crippen LogP contribution >= 0.6 is 11.8 Å². The van der Waals surface area contributed by atoms with Gasteiger partial charge in [-0.1, -0.05) is 54.2 Å². The fourth-order valence-corrected chi connectivity index (χ4v) is 3.47. The van der Waals surface area contributed by atoms with E-state index < -0.39 is 0 Å². The van der Waals surface area contributed by atoms with Gasteiger partial charge in [-0.25, -0.2) is 0 Å². The Morgan fingerprint density at radius 1 is 1.08 bits per heavy atom. The minimum Gasteiger partial charge on any atom is -0.492 e. The van der Waals surface area contributed by atoms with Crippen LogP contribution in [0.4, 0.5) is 0 Å². The van der Waals surface area contributed by atoms with E-state index in [4.69, 9.17) is 4.74 Å². The lowest BCUT2D eigenvalue weighted by atomic mass is 10.1. The van der Waals surface area contributed by atoms with Crippen LogP contribution in [0.1, 0.15) is 24.2 Å². The summed E-state index contributed by atoms with van der Waals surface area (Å²) in [7, 11) is 0. The number of benzene rings is 2. The van der Waals surface area contributed by atoms with Crippen LogP contribution in [0.5, 0.6) is 5.75 Å². The topological polar surface area (TPSA) is 57.0 Å². The highest BCUT2D eigenvalue weighted by Crippen LogP contribution is 2.24. The molecule has 0 saturated heterocycles. The molecule has 3 rings (SSSR count). The highest BCUT2D eigenvalue weighted by molar-refractivity contribution is 7.99. The van der Waals surface area contributed by atoms with Crippen molar-refractivity contribution in [3.05, 3.63) is 60.2 Å². The number of nitrogens with zero attached hydrogens (tertiary/aromatic N) is 3. The van der Waals surface area contributed by atoms with E-state index in [1.54, 1.807) is 24.8 Å². The monoisotopic (exact) mass is 367 g/mol. The van der Waals surface area contributed by atoms with Gasteiger partial charge in [0.15, 0.2) is 16.8 Å². The van der Waals surface area contributed by atoms with Crippen molar-refractivity contribution < 1.29 is 9.53 Å². The van der Waals surface area contributed by atoms with E-state index in [9.17, 15) is 4.79 Å². The van der Waals surface area contributed by atoms with Crippen LogP contribution in [-0.4, -0.2) is 32.9 Å². The van der Waals surface area contributed by atoms with Crippen LogP contribution in [0.15, 0.2) is 59.8 Å². The molecule has 1 aromatic heterocycles. The van der Waals surface area contributed by atoms with Crippen molar-refractivity contribution >= 4 is 17.5 Å². The maximum Gasteiger partial charge on any atom is 0.191 e. The molecule has 0 fully saturated rings. The maximum absolute atomic E-state index is 11.6. The summed E-state index contributed by atoms with van der Waals surface area (Å²) in [6.45, 7) is 4.92. The summed E-state index contributed by atoms with van der Waals surface area (Å²) in [5.41, 5.74) is 1.67. The molecule has 3 aromatic rings. The zero-order valence-electron chi connectivity index (χ0n) is 14.9. The van der Waals surface area contributed by atoms with Gasteiger partial charge in [-0.15, -0.1) is 10.2 Å². The molecule has 0 aliphatic rings. The third-order valence-electron chi connectivity index (χ3n) is 3.90. The number of rotatable bonds is 8. The first kappa shape index (κ1) is 18.2. The Labute approximate surface area is 157 Å². The zero-order chi connectivity index (χ0) is 18.4. The minimum atomic E-state index is 0.00600. The number of Topliss-reactive ketones (excluding diaryl/α,β-unsaturated/α-hetero) is 1. The molecule has 0 radical (unpaired) electrons. The van der Waals surface area contributed by atoms with Gasteiger partial charge in [-0.3, -0.25) is 4.79 Å². The number of hydrogen-bond acceptors (Lipinski definition) is 5. The van der Waals surface area contributed by atoms with Gasteiger partial charge in [0.1, 0.15) is 5.75 Å². The first-order valence-electron chi connectivity index (χ1n) is 8.55. The van der Waals surface area contributed by atoms with E-state index in [1.807, 2.05) is 48.5 Å². The number of ketones is 1. The Morgan fingerprint density at radius 3 is 2.54 bits per heavy atom. The van der Waals surface area contributed by atoms with E-state index >= 15 is 0 Å². The molecule has 0 amide bonds. The van der Waals surface area contributed by atoms with Gasteiger partial charge in [0, 0.05) is 17.9 Å². The lowest BCUT2D eigenvalue weighted by Gasteiger charge is -2.10. The molecule has 1 heterocycles. The first-order valence-corrected chi connectivity index (χ1v) is 9.53. The normalized spacial score (nSPS) is 10.7. The molecule has 6 heteroatoms. The molecule has 0 N–H and O–H groups in total. The van der Waals surface area contributed by atoms with Crippen LogP contribution < -0.4 is 4.74 Å². The second kappa shape index (κ2) is 8.67. The van der Waals surface area contributed by atoms with Crippen molar-refractivity contribution in [2.24, 2.45) is 0 Å². The lowest BCUT2D eigenvalue weighted by Crippen LogP contribution is -2.06. The minimum absolute atomic E-state index is 0.00600. The van der Waals surface area contributed by atoms with Gasteiger partial charge < -0.3 is 9.30 Å². The smallest absolute Gasteiger partial charge is 0.191 e. The van der Waals surface area contributed by atoms with Gasteiger partial charge >= 0.3 is 0 Å². The second-order valence-electron chi connectivity index (χ2n) is 5.67. The summed E-state index contributed by atoms with van der Waals surface area (Å²) in [4.78, 5) is 11.6. The molecule has 2 aromatic carbocycles. The summed E-state index contributed by atoms with van der Waals surface area (Å²) in [6, 6.07) is 17.4. The van der Waals surface area contributed by atoms with Crippen molar-refractivity contribution in [1.29, 1.82) is 0 Å². The number of carbonyl (C=O) groups is 1.